The first-order valence-corrected chi connectivity index (χ1v) is 6.33. The van der Waals surface area contributed by atoms with E-state index in [0.717, 1.165) is 5.70 Å². The van der Waals surface area contributed by atoms with Gasteiger partial charge in [0.2, 0.25) is 0 Å². The summed E-state index contributed by atoms with van der Waals surface area (Å²) in [5.41, 5.74) is 5.92. The minimum absolute atomic E-state index is 0.110. The summed E-state index contributed by atoms with van der Waals surface area (Å²) >= 11 is 0. The van der Waals surface area contributed by atoms with Crippen molar-refractivity contribution >= 4 is 17.5 Å². The number of esters is 1. The first kappa shape index (κ1) is 13.3. The second kappa shape index (κ2) is 5.69. The molecular formula is C13H17N3O3. The normalized spacial score (nSPS) is 18.8. The molecule has 0 bridgehead atoms. The summed E-state index contributed by atoms with van der Waals surface area (Å²) in [5, 5.41) is 0. The van der Waals surface area contributed by atoms with Crippen molar-refractivity contribution in [1.29, 1.82) is 0 Å². The van der Waals surface area contributed by atoms with Crippen molar-refractivity contribution in [3.8, 4) is 0 Å². The minimum atomic E-state index is -0.388. The largest absolute Gasteiger partial charge is 0.466 e. The number of aromatic nitrogens is 2. The zero-order valence-corrected chi connectivity index (χ0v) is 10.8. The summed E-state index contributed by atoms with van der Waals surface area (Å²) in [6.07, 6.45) is 5.42. The molecule has 1 atom stereocenters. The van der Waals surface area contributed by atoms with Crippen molar-refractivity contribution in [3.05, 3.63) is 28.8 Å². The molecule has 6 heteroatoms. The SMILES string of the molecule is CCOC(=O)C1CC=C(n2ccc(N)nc2=O)CC1. The fraction of sp³-hybridized carbons (Fsp3) is 0.462. The van der Waals surface area contributed by atoms with Gasteiger partial charge in [-0.3, -0.25) is 9.36 Å². The summed E-state index contributed by atoms with van der Waals surface area (Å²) in [6.45, 7) is 2.19. The lowest BCUT2D eigenvalue weighted by Gasteiger charge is -2.21. The number of carbonyl (C=O) groups is 1. The van der Waals surface area contributed by atoms with Crippen LogP contribution in [0.2, 0.25) is 0 Å². The molecule has 1 heterocycles. The Balaban J connectivity index is 2.12. The molecule has 0 radical (unpaired) electrons. The number of nitrogens with two attached hydrogens (primary N) is 1. The van der Waals surface area contributed by atoms with Crippen molar-refractivity contribution < 1.29 is 9.53 Å². The third-order valence-electron chi connectivity index (χ3n) is 3.14. The number of carbonyl (C=O) groups excluding carboxylic acids is 1. The van der Waals surface area contributed by atoms with Crippen LogP contribution in [0.5, 0.6) is 0 Å². The minimum Gasteiger partial charge on any atom is -0.466 e. The maximum absolute atomic E-state index is 11.7. The standard InChI is InChI=1S/C13H17N3O3/c1-2-19-12(17)9-3-5-10(6-4-9)16-8-7-11(14)15-13(16)18/h5,7-9H,2-4,6H2,1H3,(H2,14,15,18). The lowest BCUT2D eigenvalue weighted by molar-refractivity contribution is -0.148. The zero-order valence-electron chi connectivity index (χ0n) is 10.8. The van der Waals surface area contributed by atoms with Crippen molar-refractivity contribution in [2.75, 3.05) is 12.3 Å². The molecule has 1 aromatic heterocycles. The van der Waals surface area contributed by atoms with Gasteiger partial charge in [-0.15, -0.1) is 0 Å². The van der Waals surface area contributed by atoms with Gasteiger partial charge in [0.15, 0.2) is 0 Å². The Morgan fingerprint density at radius 2 is 2.42 bits per heavy atom. The molecule has 0 saturated heterocycles. The Hall–Kier alpha value is -2.11. The Morgan fingerprint density at radius 3 is 3.00 bits per heavy atom. The average Bonchev–Trinajstić information content (AvgIpc) is 2.39. The van der Waals surface area contributed by atoms with Crippen LogP contribution in [0.25, 0.3) is 5.70 Å². The Kier molecular flexibility index (Phi) is 3.99. The molecule has 0 saturated carbocycles. The number of hydrogen-bond acceptors (Lipinski definition) is 5. The van der Waals surface area contributed by atoms with E-state index >= 15 is 0 Å². The number of nitrogens with zero attached hydrogens (tertiary/aromatic N) is 2. The van der Waals surface area contributed by atoms with Gasteiger partial charge in [0.05, 0.1) is 12.5 Å². The van der Waals surface area contributed by atoms with E-state index in [1.54, 1.807) is 19.2 Å². The first-order chi connectivity index (χ1) is 9.11. The van der Waals surface area contributed by atoms with E-state index in [4.69, 9.17) is 10.5 Å². The van der Waals surface area contributed by atoms with Crippen LogP contribution in [0, 0.1) is 5.92 Å². The van der Waals surface area contributed by atoms with Crippen molar-refractivity contribution in [2.45, 2.75) is 26.2 Å². The van der Waals surface area contributed by atoms with Gasteiger partial charge in [-0.1, -0.05) is 6.08 Å². The number of allylic oxidation sites excluding steroid dienone is 2. The quantitative estimate of drug-likeness (QED) is 0.823. The average molecular weight is 263 g/mol. The summed E-state index contributed by atoms with van der Waals surface area (Å²) in [7, 11) is 0. The molecule has 102 valence electrons. The van der Waals surface area contributed by atoms with Gasteiger partial charge in [-0.25, -0.2) is 4.79 Å². The smallest absolute Gasteiger partial charge is 0.353 e. The van der Waals surface area contributed by atoms with Gasteiger partial charge in [-0.2, -0.15) is 4.98 Å². The fourth-order valence-electron chi connectivity index (χ4n) is 2.15. The second-order valence-electron chi connectivity index (χ2n) is 4.42. The van der Waals surface area contributed by atoms with Crippen LogP contribution >= 0.6 is 0 Å². The topological polar surface area (TPSA) is 87.2 Å². The van der Waals surface area contributed by atoms with Gasteiger partial charge in [-0.05, 0) is 32.3 Å². The highest BCUT2D eigenvalue weighted by Crippen LogP contribution is 2.26. The van der Waals surface area contributed by atoms with Gasteiger partial charge in [0, 0.05) is 11.9 Å². The van der Waals surface area contributed by atoms with Crippen LogP contribution in [-0.2, 0) is 9.53 Å². The number of nitrogen functional groups attached to an aromatic ring is 1. The fourth-order valence-corrected chi connectivity index (χ4v) is 2.15. The maximum Gasteiger partial charge on any atom is 0.353 e. The number of anilines is 1. The summed E-state index contributed by atoms with van der Waals surface area (Å²) < 4.78 is 6.47. The number of ether oxygens (including phenoxy) is 1. The lowest BCUT2D eigenvalue weighted by atomic mass is 9.92. The molecule has 0 aliphatic heterocycles. The summed E-state index contributed by atoms with van der Waals surface area (Å²) in [4.78, 5) is 27.0. The van der Waals surface area contributed by atoms with E-state index in [2.05, 4.69) is 4.98 Å². The third kappa shape index (κ3) is 3.01. The Bertz CT molecular complexity index is 562. The maximum atomic E-state index is 11.7. The highest BCUT2D eigenvalue weighted by Gasteiger charge is 2.23. The molecular weight excluding hydrogens is 246 g/mol. The molecule has 1 unspecified atom stereocenters. The highest BCUT2D eigenvalue weighted by atomic mass is 16.5. The molecule has 0 fully saturated rings. The van der Waals surface area contributed by atoms with Crippen LogP contribution in [0.4, 0.5) is 5.82 Å². The zero-order chi connectivity index (χ0) is 13.8. The molecule has 0 amide bonds. The third-order valence-corrected chi connectivity index (χ3v) is 3.14. The van der Waals surface area contributed by atoms with E-state index in [9.17, 15) is 9.59 Å². The van der Waals surface area contributed by atoms with E-state index in [1.807, 2.05) is 6.08 Å². The molecule has 19 heavy (non-hydrogen) atoms. The molecule has 6 nitrogen and oxygen atoms in total. The van der Waals surface area contributed by atoms with E-state index in [-0.39, 0.29) is 23.4 Å². The Morgan fingerprint density at radius 1 is 1.63 bits per heavy atom. The Labute approximate surface area is 110 Å². The highest BCUT2D eigenvalue weighted by molar-refractivity contribution is 5.73. The monoisotopic (exact) mass is 263 g/mol. The molecule has 0 spiro atoms. The molecule has 1 aromatic rings. The molecule has 2 N–H and O–H groups in total. The van der Waals surface area contributed by atoms with Gasteiger partial charge in [0.1, 0.15) is 5.82 Å². The van der Waals surface area contributed by atoms with Gasteiger partial charge < -0.3 is 10.5 Å². The molecule has 1 aliphatic rings. The van der Waals surface area contributed by atoms with Gasteiger partial charge in [0.25, 0.3) is 0 Å². The molecule has 2 rings (SSSR count). The van der Waals surface area contributed by atoms with Crippen LogP contribution in [0.15, 0.2) is 23.1 Å². The van der Waals surface area contributed by atoms with E-state index in [0.29, 0.717) is 25.9 Å². The van der Waals surface area contributed by atoms with Crippen LogP contribution in [0.3, 0.4) is 0 Å². The number of rotatable bonds is 3. The molecule has 1 aliphatic carbocycles. The second-order valence-corrected chi connectivity index (χ2v) is 4.42. The molecule has 0 aromatic carbocycles. The predicted molar refractivity (Wildman–Crippen MR) is 71.2 cm³/mol. The van der Waals surface area contributed by atoms with Crippen molar-refractivity contribution in [2.24, 2.45) is 5.92 Å². The van der Waals surface area contributed by atoms with Crippen molar-refractivity contribution in [3.63, 3.8) is 0 Å². The van der Waals surface area contributed by atoms with E-state index in [1.165, 1.54) is 4.57 Å². The lowest BCUT2D eigenvalue weighted by Crippen LogP contribution is -2.26. The van der Waals surface area contributed by atoms with Crippen LogP contribution in [0.1, 0.15) is 26.2 Å². The van der Waals surface area contributed by atoms with Crippen molar-refractivity contribution in [1.82, 2.24) is 9.55 Å². The van der Waals surface area contributed by atoms with Crippen LogP contribution in [-0.4, -0.2) is 22.1 Å². The van der Waals surface area contributed by atoms with Gasteiger partial charge >= 0.3 is 11.7 Å². The number of hydrogen-bond donors (Lipinski definition) is 1. The van der Waals surface area contributed by atoms with E-state index < -0.39 is 0 Å². The van der Waals surface area contributed by atoms with Crippen LogP contribution < -0.4 is 11.4 Å². The summed E-state index contributed by atoms with van der Waals surface area (Å²) in [5.74, 6) is -0.0659. The first-order valence-electron chi connectivity index (χ1n) is 6.33. The predicted octanol–water partition coefficient (Wildman–Crippen LogP) is 1.03. The summed E-state index contributed by atoms with van der Waals surface area (Å²) in [6, 6.07) is 1.58.